The highest BCUT2D eigenvalue weighted by molar-refractivity contribution is 6.30. The number of nitrogens with zero attached hydrogens (tertiary/aromatic N) is 3. The van der Waals surface area contributed by atoms with Crippen LogP contribution in [0.15, 0.2) is 66.9 Å². The lowest BCUT2D eigenvalue weighted by atomic mass is 10.1. The molecule has 152 valence electrons. The van der Waals surface area contributed by atoms with E-state index in [1.165, 1.54) is 12.1 Å². The Balaban J connectivity index is 1.47. The van der Waals surface area contributed by atoms with Gasteiger partial charge in [0.25, 0.3) is 5.91 Å². The van der Waals surface area contributed by atoms with Crippen LogP contribution in [-0.2, 0) is 0 Å². The van der Waals surface area contributed by atoms with Crippen molar-refractivity contribution in [2.45, 2.75) is 13.0 Å². The zero-order valence-electron chi connectivity index (χ0n) is 16.0. The van der Waals surface area contributed by atoms with Gasteiger partial charge in [-0.1, -0.05) is 11.6 Å². The topological polar surface area (TPSA) is 68.5 Å². The first kappa shape index (κ1) is 19.8. The number of halogens is 2. The Morgan fingerprint density at radius 1 is 1.17 bits per heavy atom. The van der Waals surface area contributed by atoms with Crippen molar-refractivity contribution in [1.82, 2.24) is 19.9 Å². The highest BCUT2D eigenvalue weighted by Crippen LogP contribution is 2.20. The number of hydrogen-bond acceptors (Lipinski definition) is 4. The molecular formula is C22H18ClFN4O2. The molecule has 0 aliphatic heterocycles. The maximum Gasteiger partial charge on any atom is 0.272 e. The molecular weight excluding hydrogens is 407 g/mol. The van der Waals surface area contributed by atoms with Gasteiger partial charge in [0.2, 0.25) is 0 Å². The fourth-order valence-electron chi connectivity index (χ4n) is 2.94. The molecule has 1 amide bonds. The van der Waals surface area contributed by atoms with Gasteiger partial charge in [-0.15, -0.1) is 0 Å². The van der Waals surface area contributed by atoms with Crippen molar-refractivity contribution in [2.24, 2.45) is 0 Å². The van der Waals surface area contributed by atoms with Crippen LogP contribution in [0.2, 0.25) is 5.02 Å². The summed E-state index contributed by atoms with van der Waals surface area (Å²) in [5, 5.41) is 7.88. The molecule has 6 nitrogen and oxygen atoms in total. The summed E-state index contributed by atoms with van der Waals surface area (Å²) < 4.78 is 20.5. The average molecular weight is 425 g/mol. The van der Waals surface area contributed by atoms with E-state index in [4.69, 9.17) is 16.3 Å². The van der Waals surface area contributed by atoms with Crippen LogP contribution in [0.5, 0.6) is 5.75 Å². The maximum atomic E-state index is 13.2. The molecule has 0 aliphatic carbocycles. The van der Waals surface area contributed by atoms with Crippen LogP contribution in [0.3, 0.4) is 0 Å². The highest BCUT2D eigenvalue weighted by atomic mass is 35.5. The highest BCUT2D eigenvalue weighted by Gasteiger charge is 2.16. The third-order valence-electron chi connectivity index (χ3n) is 4.42. The third-order valence-corrected chi connectivity index (χ3v) is 4.67. The van der Waals surface area contributed by atoms with E-state index in [0.717, 1.165) is 5.56 Å². The number of carbonyl (C=O) groups excluding carboxylic acids is 1. The molecule has 0 aliphatic rings. The monoisotopic (exact) mass is 424 g/mol. The Hall–Kier alpha value is -3.45. The number of fused-ring (bicyclic) bond motifs is 1. The molecule has 0 saturated heterocycles. The van der Waals surface area contributed by atoms with Crippen molar-refractivity contribution in [3.05, 3.63) is 83.4 Å². The molecule has 2 heterocycles. The van der Waals surface area contributed by atoms with E-state index in [-0.39, 0.29) is 23.5 Å². The lowest BCUT2D eigenvalue weighted by molar-refractivity contribution is 0.0921. The van der Waals surface area contributed by atoms with Crippen molar-refractivity contribution in [3.63, 3.8) is 0 Å². The van der Waals surface area contributed by atoms with E-state index >= 15 is 0 Å². The van der Waals surface area contributed by atoms with E-state index in [9.17, 15) is 9.18 Å². The molecule has 30 heavy (non-hydrogen) atoms. The van der Waals surface area contributed by atoms with Gasteiger partial charge < -0.3 is 10.1 Å². The molecule has 0 bridgehead atoms. The van der Waals surface area contributed by atoms with Crippen LogP contribution < -0.4 is 10.1 Å². The first-order chi connectivity index (χ1) is 14.5. The Kier molecular flexibility index (Phi) is 5.63. The van der Waals surface area contributed by atoms with Crippen molar-refractivity contribution < 1.29 is 13.9 Å². The van der Waals surface area contributed by atoms with Crippen molar-refractivity contribution >= 4 is 23.2 Å². The predicted molar refractivity (Wildman–Crippen MR) is 112 cm³/mol. The minimum absolute atomic E-state index is 0.232. The quantitative estimate of drug-likeness (QED) is 0.498. The summed E-state index contributed by atoms with van der Waals surface area (Å²) in [7, 11) is 0. The van der Waals surface area contributed by atoms with Gasteiger partial charge in [-0.2, -0.15) is 5.10 Å². The van der Waals surface area contributed by atoms with Crippen molar-refractivity contribution in [3.8, 4) is 17.0 Å². The molecule has 1 N–H and O–H groups in total. The first-order valence-corrected chi connectivity index (χ1v) is 9.67. The molecule has 2 aromatic heterocycles. The van der Waals surface area contributed by atoms with Gasteiger partial charge >= 0.3 is 0 Å². The molecule has 4 aromatic rings. The molecule has 1 atom stereocenters. The van der Waals surface area contributed by atoms with Crippen molar-refractivity contribution in [2.75, 3.05) is 6.61 Å². The lowest BCUT2D eigenvalue weighted by Gasteiger charge is -2.14. The summed E-state index contributed by atoms with van der Waals surface area (Å²) in [4.78, 5) is 16.9. The second kappa shape index (κ2) is 8.51. The second-order valence-corrected chi connectivity index (χ2v) is 7.21. The average Bonchev–Trinajstić information content (AvgIpc) is 3.19. The van der Waals surface area contributed by atoms with Gasteiger partial charge in [0, 0.05) is 22.8 Å². The number of hydrogen-bond donors (Lipinski definition) is 1. The van der Waals surface area contributed by atoms with Gasteiger partial charge in [0.1, 0.15) is 18.2 Å². The molecule has 4 rings (SSSR count). The van der Waals surface area contributed by atoms with E-state index in [2.05, 4.69) is 15.4 Å². The summed E-state index contributed by atoms with van der Waals surface area (Å²) in [6.07, 6.45) is 1.62. The van der Waals surface area contributed by atoms with E-state index in [1.807, 2.05) is 6.92 Å². The van der Waals surface area contributed by atoms with E-state index in [1.54, 1.807) is 59.2 Å². The van der Waals surface area contributed by atoms with Crippen LogP contribution in [0.1, 0.15) is 17.4 Å². The summed E-state index contributed by atoms with van der Waals surface area (Å²) in [5.74, 6) is 0.0125. The zero-order chi connectivity index (χ0) is 21.1. The number of ether oxygens (including phenoxy) is 1. The van der Waals surface area contributed by atoms with Crippen molar-refractivity contribution in [1.29, 1.82) is 0 Å². The SMILES string of the molecule is C[C@H](COc1ccc(Cl)cc1)NC(=O)c1cc2nccc(-c3ccc(F)cc3)n2n1. The molecule has 0 radical (unpaired) electrons. The number of benzene rings is 2. The number of rotatable bonds is 6. The summed E-state index contributed by atoms with van der Waals surface area (Å²) in [6.45, 7) is 2.13. The Bertz CT molecular complexity index is 1180. The molecule has 0 unspecified atom stereocenters. The molecule has 0 fully saturated rings. The normalized spacial score (nSPS) is 12.0. The number of nitrogens with one attached hydrogen (secondary N) is 1. The summed E-state index contributed by atoms with van der Waals surface area (Å²) in [5.41, 5.74) is 2.23. The smallest absolute Gasteiger partial charge is 0.272 e. The van der Waals surface area contributed by atoms with Gasteiger partial charge in [0.15, 0.2) is 11.3 Å². The minimum Gasteiger partial charge on any atom is -0.491 e. The fraction of sp³-hybridized carbons (Fsp3) is 0.136. The van der Waals surface area contributed by atoms with E-state index in [0.29, 0.717) is 28.7 Å². The first-order valence-electron chi connectivity index (χ1n) is 9.29. The molecule has 8 heteroatoms. The predicted octanol–water partition coefficient (Wildman–Crippen LogP) is 4.39. The van der Waals surface area contributed by atoms with Crippen LogP contribution in [-0.4, -0.2) is 33.2 Å². The molecule has 0 saturated carbocycles. The largest absolute Gasteiger partial charge is 0.491 e. The number of aromatic nitrogens is 3. The van der Waals surface area contributed by atoms with Crippen LogP contribution >= 0.6 is 11.6 Å². The molecule has 2 aromatic carbocycles. The zero-order valence-corrected chi connectivity index (χ0v) is 16.8. The standard InChI is InChI=1S/C22H18ClFN4O2/c1-14(13-30-18-8-4-16(23)5-9-18)26-22(29)19-12-21-25-11-10-20(28(21)27-19)15-2-6-17(24)7-3-15/h2-12,14H,13H2,1H3,(H,26,29)/t14-/m1/s1. The van der Waals surface area contributed by atoms with Gasteiger partial charge in [-0.3, -0.25) is 4.79 Å². The van der Waals surface area contributed by atoms with Gasteiger partial charge in [-0.05, 0) is 61.5 Å². The van der Waals surface area contributed by atoms with E-state index < -0.39 is 0 Å². The molecule has 0 spiro atoms. The van der Waals surface area contributed by atoms with Crippen LogP contribution in [0.4, 0.5) is 4.39 Å². The fourth-order valence-corrected chi connectivity index (χ4v) is 3.06. The Morgan fingerprint density at radius 2 is 1.90 bits per heavy atom. The lowest BCUT2D eigenvalue weighted by Crippen LogP contribution is -2.37. The Labute approximate surface area is 177 Å². The maximum absolute atomic E-state index is 13.2. The minimum atomic E-state index is -0.335. The number of carbonyl (C=O) groups is 1. The number of amides is 1. The third kappa shape index (κ3) is 4.41. The second-order valence-electron chi connectivity index (χ2n) is 6.78. The van der Waals surface area contributed by atoms with Gasteiger partial charge in [0.05, 0.1) is 11.7 Å². The van der Waals surface area contributed by atoms with Crippen LogP contribution in [0, 0.1) is 5.82 Å². The van der Waals surface area contributed by atoms with Crippen LogP contribution in [0.25, 0.3) is 16.9 Å². The Morgan fingerprint density at radius 3 is 2.63 bits per heavy atom. The van der Waals surface area contributed by atoms with Gasteiger partial charge in [-0.25, -0.2) is 13.9 Å². The summed E-state index contributed by atoms with van der Waals surface area (Å²) >= 11 is 5.86. The summed E-state index contributed by atoms with van der Waals surface area (Å²) in [6, 6.07) is 16.2.